The molecule has 2 aliphatic carbocycles. The second-order valence-electron chi connectivity index (χ2n) is 3.91. The van der Waals surface area contributed by atoms with Crippen LogP contribution < -0.4 is 0 Å². The Balaban J connectivity index is 2.08. The monoisotopic (exact) mass is 224 g/mol. The summed E-state index contributed by atoms with van der Waals surface area (Å²) in [7, 11) is 0. The van der Waals surface area contributed by atoms with Crippen LogP contribution in [0.4, 0.5) is 0 Å². The Kier molecular flexibility index (Phi) is 2.34. The lowest BCUT2D eigenvalue weighted by molar-refractivity contribution is 0.0867. The van der Waals surface area contributed by atoms with E-state index in [1.54, 1.807) is 0 Å². The molecule has 70 valence electrons. The van der Waals surface area contributed by atoms with E-state index in [4.69, 9.17) is 16.3 Å². The first kappa shape index (κ1) is 9.47. The van der Waals surface area contributed by atoms with Gasteiger partial charge in [-0.2, -0.15) is 0 Å². The third kappa shape index (κ3) is 1.88. The van der Waals surface area contributed by atoms with Crippen molar-refractivity contribution in [2.24, 2.45) is 5.92 Å². The van der Waals surface area contributed by atoms with Crippen molar-refractivity contribution in [3.8, 4) is 0 Å². The minimum Gasteiger partial charge on any atom is -0.338 e. The van der Waals surface area contributed by atoms with E-state index in [1.807, 2.05) is 0 Å². The highest BCUT2D eigenvalue weighted by Gasteiger charge is 2.47. The van der Waals surface area contributed by atoms with E-state index in [9.17, 15) is 4.89 Å². The molecule has 0 radical (unpaired) electrons. The van der Waals surface area contributed by atoms with Crippen LogP contribution >= 0.6 is 17.9 Å². The van der Waals surface area contributed by atoms with Gasteiger partial charge in [0.25, 0.3) is 0 Å². The predicted molar refractivity (Wildman–Crippen MR) is 55.9 cm³/mol. The van der Waals surface area contributed by atoms with Gasteiger partial charge in [-0.3, -0.25) is 0 Å². The first-order chi connectivity index (χ1) is 5.49. The summed E-state index contributed by atoms with van der Waals surface area (Å²) in [6.45, 7) is 0. The average molecular weight is 224 g/mol. The normalized spacial score (nSPS) is 44.7. The maximum Gasteiger partial charge on any atom is 0.242 e. The van der Waals surface area contributed by atoms with Gasteiger partial charge in [0.15, 0.2) is 0 Å². The topological polar surface area (TPSA) is 29.5 Å². The molecule has 12 heavy (non-hydrogen) atoms. The molecule has 0 aliphatic heterocycles. The van der Waals surface area contributed by atoms with Gasteiger partial charge in [0, 0.05) is 0 Å². The first-order valence-corrected chi connectivity index (χ1v) is 8.08. The lowest BCUT2D eigenvalue weighted by atomic mass is 9.98. The van der Waals surface area contributed by atoms with E-state index in [1.165, 1.54) is 12.8 Å². The Morgan fingerprint density at radius 3 is 2.42 bits per heavy atom. The molecular weight excluding hydrogens is 211 g/mol. The molecule has 2 saturated carbocycles. The van der Waals surface area contributed by atoms with Crippen molar-refractivity contribution in [1.29, 1.82) is 0 Å². The lowest BCUT2D eigenvalue weighted by Gasteiger charge is -2.28. The van der Waals surface area contributed by atoms with E-state index in [2.05, 4.69) is 12.2 Å². The number of fused-ring (bicyclic) bond motifs is 2. The van der Waals surface area contributed by atoms with Crippen molar-refractivity contribution < 1.29 is 9.42 Å². The highest BCUT2D eigenvalue weighted by molar-refractivity contribution is 8.59. The van der Waals surface area contributed by atoms with Gasteiger partial charge in [-0.15, -0.1) is 0 Å². The van der Waals surface area contributed by atoms with Crippen LogP contribution in [0.5, 0.6) is 0 Å². The Morgan fingerprint density at radius 2 is 2.08 bits per heavy atom. The zero-order valence-corrected chi connectivity index (χ0v) is 9.38. The van der Waals surface area contributed by atoms with Crippen LogP contribution in [0.1, 0.15) is 32.1 Å². The Bertz CT molecular complexity index is 230. The van der Waals surface area contributed by atoms with Crippen LogP contribution in [-0.2, 0) is 16.3 Å². The van der Waals surface area contributed by atoms with E-state index < -0.39 is 5.69 Å². The molecule has 2 rings (SSSR count). The molecule has 0 aromatic heterocycles. The number of rotatable bonds is 2. The summed E-state index contributed by atoms with van der Waals surface area (Å²) < 4.78 is 5.52. The van der Waals surface area contributed by atoms with Gasteiger partial charge in [0.05, 0.1) is 5.60 Å². The fourth-order valence-corrected chi connectivity index (χ4v) is 4.27. The van der Waals surface area contributed by atoms with Gasteiger partial charge in [-0.25, -0.2) is 0 Å². The molecule has 0 amide bonds. The molecule has 0 heterocycles. The van der Waals surface area contributed by atoms with Gasteiger partial charge >= 0.3 is 0 Å². The quantitative estimate of drug-likeness (QED) is 0.558. The molecule has 2 fully saturated rings. The molecule has 2 bridgehead atoms. The van der Waals surface area contributed by atoms with E-state index in [-0.39, 0.29) is 5.60 Å². The van der Waals surface area contributed by atoms with Crippen molar-refractivity contribution in [3.05, 3.63) is 0 Å². The standard InChI is InChI=1S/C7H13O2PS2/c8-10(11,12)9-7-3-1-6(5-7)2-4-7/h6H,1-5H2,(H2,8,11,12). The Hall–Kier alpha value is 0.920. The fourth-order valence-electron chi connectivity index (χ4n) is 2.52. The van der Waals surface area contributed by atoms with Crippen LogP contribution in [0.2, 0.25) is 0 Å². The largest absolute Gasteiger partial charge is 0.338 e. The van der Waals surface area contributed by atoms with Crippen LogP contribution in [0.25, 0.3) is 0 Å². The van der Waals surface area contributed by atoms with Gasteiger partial charge in [-0.1, -0.05) is 12.2 Å². The fraction of sp³-hybridized carbons (Fsp3) is 1.00. The summed E-state index contributed by atoms with van der Waals surface area (Å²) in [5.41, 5.74) is -2.83. The highest BCUT2D eigenvalue weighted by Crippen LogP contribution is 2.60. The minimum atomic E-state index is -2.74. The third-order valence-electron chi connectivity index (χ3n) is 2.99. The maximum atomic E-state index is 9.36. The molecular formula is C7H13O2PS2. The molecule has 0 saturated heterocycles. The summed E-state index contributed by atoms with van der Waals surface area (Å²) in [5.74, 6) is 0.819. The summed E-state index contributed by atoms with van der Waals surface area (Å²) in [4.78, 5) is 9.36. The van der Waals surface area contributed by atoms with Crippen LogP contribution in [0.15, 0.2) is 0 Å². The Morgan fingerprint density at radius 1 is 1.50 bits per heavy atom. The molecule has 1 atom stereocenters. The minimum absolute atomic E-state index is 0.0866. The molecule has 0 aromatic rings. The summed E-state index contributed by atoms with van der Waals surface area (Å²) >= 11 is 8.70. The Labute approximate surface area is 83.0 Å². The van der Waals surface area contributed by atoms with Crippen LogP contribution in [0.3, 0.4) is 0 Å². The van der Waals surface area contributed by atoms with Gasteiger partial charge in [0.1, 0.15) is 0 Å². The van der Waals surface area contributed by atoms with Crippen molar-refractivity contribution in [2.75, 3.05) is 0 Å². The number of thiol groups is 1. The third-order valence-corrected chi connectivity index (χ3v) is 4.08. The van der Waals surface area contributed by atoms with Gasteiger partial charge in [-0.05, 0) is 49.8 Å². The molecule has 1 unspecified atom stereocenters. The van der Waals surface area contributed by atoms with E-state index in [0.29, 0.717) is 0 Å². The van der Waals surface area contributed by atoms with Gasteiger partial charge in [0.2, 0.25) is 5.69 Å². The average Bonchev–Trinajstić information content (AvgIpc) is 2.40. The molecule has 0 aromatic carbocycles. The molecule has 1 N–H and O–H groups in total. The molecule has 0 spiro atoms. The first-order valence-electron chi connectivity index (χ1n) is 4.25. The zero-order chi connectivity index (χ0) is 8.82. The summed E-state index contributed by atoms with van der Waals surface area (Å²) in [6.07, 6.45) is 5.70. The van der Waals surface area contributed by atoms with Crippen molar-refractivity contribution >= 4 is 29.7 Å². The summed E-state index contributed by atoms with van der Waals surface area (Å²) in [5, 5.41) is 0. The van der Waals surface area contributed by atoms with Gasteiger partial charge < -0.3 is 9.42 Å². The van der Waals surface area contributed by atoms with Crippen molar-refractivity contribution in [3.63, 3.8) is 0 Å². The lowest BCUT2D eigenvalue weighted by Crippen LogP contribution is -2.24. The van der Waals surface area contributed by atoms with E-state index >= 15 is 0 Å². The zero-order valence-electron chi connectivity index (χ0n) is 6.77. The van der Waals surface area contributed by atoms with Crippen molar-refractivity contribution in [2.45, 2.75) is 37.7 Å². The second kappa shape index (κ2) is 2.96. The molecule has 2 nitrogen and oxygen atoms in total. The smallest absolute Gasteiger partial charge is 0.242 e. The number of hydrogen-bond acceptors (Lipinski definition) is 2. The number of hydrogen-bond donors (Lipinski definition) is 2. The van der Waals surface area contributed by atoms with Crippen LogP contribution in [-0.4, -0.2) is 10.5 Å². The molecule has 5 heteroatoms. The predicted octanol–water partition coefficient (Wildman–Crippen LogP) is 2.48. The highest BCUT2D eigenvalue weighted by atomic mass is 32.9. The summed E-state index contributed by atoms with van der Waals surface area (Å²) in [6, 6.07) is 0. The SMILES string of the molecule is OP(=S)(S)OC12CCC(CC1)C2. The molecule has 2 aliphatic rings. The second-order valence-corrected chi connectivity index (χ2v) is 9.00. The maximum absolute atomic E-state index is 9.36. The van der Waals surface area contributed by atoms with Crippen LogP contribution in [0, 0.1) is 5.92 Å². The van der Waals surface area contributed by atoms with E-state index in [0.717, 1.165) is 25.2 Å². The van der Waals surface area contributed by atoms with Crippen molar-refractivity contribution in [1.82, 2.24) is 0 Å².